The van der Waals surface area contributed by atoms with Crippen LogP contribution in [0.25, 0.3) is 10.9 Å². The summed E-state index contributed by atoms with van der Waals surface area (Å²) >= 11 is 5.65. The van der Waals surface area contributed by atoms with Gasteiger partial charge in [-0.15, -0.1) is 0 Å². The van der Waals surface area contributed by atoms with Crippen molar-refractivity contribution in [2.45, 2.75) is 6.92 Å². The molecule has 68 valence electrons. The Labute approximate surface area is 79.9 Å². The molecule has 0 bridgehead atoms. The number of halogens is 2. The molecule has 0 amide bonds. The molecular formula is C9H8ClFN2. The highest BCUT2D eigenvalue weighted by Crippen LogP contribution is 2.24. The fourth-order valence-electron chi connectivity index (χ4n) is 1.43. The quantitative estimate of drug-likeness (QED) is 0.637. The summed E-state index contributed by atoms with van der Waals surface area (Å²) in [4.78, 5) is 0. The summed E-state index contributed by atoms with van der Waals surface area (Å²) in [7, 11) is 1.81. The molecule has 0 saturated heterocycles. The Kier molecular flexibility index (Phi) is 1.77. The second-order valence-corrected chi connectivity index (χ2v) is 3.40. The van der Waals surface area contributed by atoms with Gasteiger partial charge in [-0.1, -0.05) is 11.6 Å². The van der Waals surface area contributed by atoms with Gasteiger partial charge >= 0.3 is 0 Å². The standard InChI is InChI=1S/C9H8ClFN2/c1-5-6-3-8(11)7(10)4-9(6)13(2)12-5/h3-4H,1-2H3. The van der Waals surface area contributed by atoms with Crippen LogP contribution in [0.5, 0.6) is 0 Å². The normalized spacial score (nSPS) is 11.1. The van der Waals surface area contributed by atoms with Crippen LogP contribution in [-0.2, 0) is 7.05 Å². The van der Waals surface area contributed by atoms with Crippen molar-refractivity contribution < 1.29 is 4.39 Å². The Hall–Kier alpha value is -1.09. The molecule has 0 unspecified atom stereocenters. The van der Waals surface area contributed by atoms with Gasteiger partial charge in [0.25, 0.3) is 0 Å². The highest BCUT2D eigenvalue weighted by Gasteiger charge is 2.08. The lowest BCUT2D eigenvalue weighted by atomic mass is 10.2. The fourth-order valence-corrected chi connectivity index (χ4v) is 1.58. The van der Waals surface area contributed by atoms with Crippen molar-refractivity contribution in [2.24, 2.45) is 7.05 Å². The first kappa shape index (κ1) is 8.51. The molecule has 0 aliphatic heterocycles. The highest BCUT2D eigenvalue weighted by atomic mass is 35.5. The summed E-state index contributed by atoms with van der Waals surface area (Å²) in [6.07, 6.45) is 0. The molecule has 0 aliphatic carbocycles. The molecule has 0 radical (unpaired) electrons. The maximum atomic E-state index is 13.1. The van der Waals surface area contributed by atoms with E-state index in [1.54, 1.807) is 10.7 Å². The van der Waals surface area contributed by atoms with Gasteiger partial charge in [0.1, 0.15) is 5.82 Å². The minimum atomic E-state index is -0.398. The fraction of sp³-hybridized carbons (Fsp3) is 0.222. The van der Waals surface area contributed by atoms with Crippen LogP contribution in [0.15, 0.2) is 12.1 Å². The van der Waals surface area contributed by atoms with Crippen LogP contribution in [0.3, 0.4) is 0 Å². The monoisotopic (exact) mass is 198 g/mol. The molecule has 0 aliphatic rings. The Morgan fingerprint density at radius 1 is 1.46 bits per heavy atom. The van der Waals surface area contributed by atoms with E-state index in [4.69, 9.17) is 11.6 Å². The molecule has 2 nitrogen and oxygen atoms in total. The van der Waals surface area contributed by atoms with Crippen molar-refractivity contribution in [1.29, 1.82) is 0 Å². The van der Waals surface area contributed by atoms with Crippen LogP contribution in [0.2, 0.25) is 5.02 Å². The van der Waals surface area contributed by atoms with Crippen molar-refractivity contribution in [3.05, 3.63) is 28.7 Å². The number of aromatic nitrogens is 2. The van der Waals surface area contributed by atoms with E-state index < -0.39 is 5.82 Å². The number of rotatable bonds is 0. The lowest BCUT2D eigenvalue weighted by molar-refractivity contribution is 0.630. The van der Waals surface area contributed by atoms with Gasteiger partial charge in [-0.25, -0.2) is 4.39 Å². The minimum Gasteiger partial charge on any atom is -0.268 e. The second kappa shape index (κ2) is 2.70. The summed E-state index contributed by atoms with van der Waals surface area (Å²) in [5, 5.41) is 5.11. The molecule has 0 N–H and O–H groups in total. The van der Waals surface area contributed by atoms with Gasteiger partial charge in [0.05, 0.1) is 16.2 Å². The minimum absolute atomic E-state index is 0.135. The molecule has 0 atom stereocenters. The van der Waals surface area contributed by atoms with Gasteiger partial charge in [-0.05, 0) is 19.1 Å². The van der Waals surface area contributed by atoms with E-state index in [0.717, 1.165) is 16.6 Å². The Balaban J connectivity index is 2.91. The van der Waals surface area contributed by atoms with Gasteiger partial charge in [-0.2, -0.15) is 5.10 Å². The highest BCUT2D eigenvalue weighted by molar-refractivity contribution is 6.31. The molecule has 1 aromatic heterocycles. The van der Waals surface area contributed by atoms with E-state index in [9.17, 15) is 4.39 Å². The maximum Gasteiger partial charge on any atom is 0.142 e. The molecule has 4 heteroatoms. The van der Waals surface area contributed by atoms with Gasteiger partial charge in [0, 0.05) is 12.4 Å². The molecule has 2 aromatic rings. The molecular weight excluding hydrogens is 191 g/mol. The van der Waals surface area contributed by atoms with E-state index in [0.29, 0.717) is 0 Å². The largest absolute Gasteiger partial charge is 0.268 e. The molecule has 13 heavy (non-hydrogen) atoms. The number of fused-ring (bicyclic) bond motifs is 1. The second-order valence-electron chi connectivity index (χ2n) is 2.99. The zero-order chi connectivity index (χ0) is 9.59. The SMILES string of the molecule is Cc1nn(C)c2cc(Cl)c(F)cc12. The third-order valence-electron chi connectivity index (χ3n) is 2.08. The van der Waals surface area contributed by atoms with E-state index in [2.05, 4.69) is 5.10 Å². The van der Waals surface area contributed by atoms with E-state index in [-0.39, 0.29) is 5.02 Å². The topological polar surface area (TPSA) is 17.8 Å². The lowest BCUT2D eigenvalue weighted by Gasteiger charge is -1.96. The molecule has 0 saturated carbocycles. The number of aryl methyl sites for hydroxylation is 2. The van der Waals surface area contributed by atoms with Crippen molar-refractivity contribution in [2.75, 3.05) is 0 Å². The van der Waals surface area contributed by atoms with Crippen LogP contribution in [0.4, 0.5) is 4.39 Å². The van der Waals surface area contributed by atoms with Crippen molar-refractivity contribution in [3.63, 3.8) is 0 Å². The van der Waals surface area contributed by atoms with Crippen molar-refractivity contribution in [1.82, 2.24) is 9.78 Å². The molecule has 0 fully saturated rings. The third-order valence-corrected chi connectivity index (χ3v) is 2.37. The molecule has 2 rings (SSSR count). The summed E-state index contributed by atoms with van der Waals surface area (Å²) in [6, 6.07) is 3.01. The average molecular weight is 199 g/mol. The third kappa shape index (κ3) is 1.20. The van der Waals surface area contributed by atoms with Crippen LogP contribution in [0.1, 0.15) is 5.69 Å². The van der Waals surface area contributed by atoms with E-state index in [1.165, 1.54) is 6.07 Å². The summed E-state index contributed by atoms with van der Waals surface area (Å²) in [5.74, 6) is -0.398. The summed E-state index contributed by atoms with van der Waals surface area (Å²) in [6.45, 7) is 1.84. The first-order chi connectivity index (χ1) is 6.09. The average Bonchev–Trinajstić information content (AvgIpc) is 2.31. The van der Waals surface area contributed by atoms with E-state index in [1.807, 2.05) is 14.0 Å². The number of hydrogen-bond acceptors (Lipinski definition) is 1. The predicted molar refractivity (Wildman–Crippen MR) is 50.4 cm³/mol. The van der Waals surface area contributed by atoms with Gasteiger partial charge < -0.3 is 0 Å². The zero-order valence-corrected chi connectivity index (χ0v) is 8.06. The number of benzene rings is 1. The zero-order valence-electron chi connectivity index (χ0n) is 7.31. The first-order valence-electron chi connectivity index (χ1n) is 3.88. The lowest BCUT2D eigenvalue weighted by Crippen LogP contribution is -1.89. The van der Waals surface area contributed by atoms with Crippen LogP contribution >= 0.6 is 11.6 Å². The predicted octanol–water partition coefficient (Wildman–Crippen LogP) is 2.67. The first-order valence-corrected chi connectivity index (χ1v) is 4.26. The van der Waals surface area contributed by atoms with Gasteiger partial charge in [-0.3, -0.25) is 4.68 Å². The van der Waals surface area contributed by atoms with Crippen molar-refractivity contribution in [3.8, 4) is 0 Å². The number of hydrogen-bond donors (Lipinski definition) is 0. The van der Waals surface area contributed by atoms with E-state index >= 15 is 0 Å². The van der Waals surface area contributed by atoms with Crippen LogP contribution in [-0.4, -0.2) is 9.78 Å². The summed E-state index contributed by atoms with van der Waals surface area (Å²) in [5.41, 5.74) is 1.66. The smallest absolute Gasteiger partial charge is 0.142 e. The van der Waals surface area contributed by atoms with Crippen LogP contribution in [0, 0.1) is 12.7 Å². The molecule has 1 aromatic carbocycles. The van der Waals surface area contributed by atoms with Crippen LogP contribution < -0.4 is 0 Å². The Morgan fingerprint density at radius 2 is 2.15 bits per heavy atom. The Bertz CT molecular complexity index is 434. The van der Waals surface area contributed by atoms with Gasteiger partial charge in [0.15, 0.2) is 0 Å². The summed E-state index contributed by atoms with van der Waals surface area (Å²) < 4.78 is 14.8. The Morgan fingerprint density at radius 3 is 2.85 bits per heavy atom. The van der Waals surface area contributed by atoms with Gasteiger partial charge in [0.2, 0.25) is 0 Å². The van der Waals surface area contributed by atoms with Crippen molar-refractivity contribution >= 4 is 22.5 Å². The molecule has 0 spiro atoms. The number of nitrogens with zero attached hydrogens (tertiary/aromatic N) is 2. The maximum absolute atomic E-state index is 13.1. The molecule has 1 heterocycles.